The quantitative estimate of drug-likeness (QED) is 0.248. The van der Waals surface area contributed by atoms with Crippen LogP contribution in [0.15, 0.2) is 24.3 Å². The van der Waals surface area contributed by atoms with Gasteiger partial charge >= 0.3 is 11.9 Å². The van der Waals surface area contributed by atoms with Gasteiger partial charge in [0.15, 0.2) is 0 Å². The fourth-order valence-corrected chi connectivity index (χ4v) is 3.06. The average molecular weight is 405 g/mol. The topological polar surface area (TPSA) is 52.6 Å². The van der Waals surface area contributed by atoms with Gasteiger partial charge in [0.05, 0.1) is 24.3 Å². The number of hydrogen-bond donors (Lipinski definition) is 0. The Morgan fingerprint density at radius 3 is 1.52 bits per heavy atom. The van der Waals surface area contributed by atoms with Crippen molar-refractivity contribution >= 4 is 11.9 Å². The maximum absolute atomic E-state index is 12.1. The summed E-state index contributed by atoms with van der Waals surface area (Å²) in [6, 6.07) is 6.51. The van der Waals surface area contributed by atoms with E-state index in [2.05, 4.69) is 27.7 Å². The molecule has 0 unspecified atom stereocenters. The normalized spacial score (nSPS) is 11.3. The lowest BCUT2D eigenvalue weighted by molar-refractivity contribution is 0.0483. The Labute approximate surface area is 177 Å². The average Bonchev–Trinajstić information content (AvgIpc) is 2.68. The Hall–Kier alpha value is -1.84. The molecule has 0 spiro atoms. The highest BCUT2D eigenvalue weighted by molar-refractivity contribution is 5.93. The van der Waals surface area contributed by atoms with Crippen molar-refractivity contribution in [2.24, 2.45) is 5.41 Å². The van der Waals surface area contributed by atoms with E-state index in [4.69, 9.17) is 9.47 Å². The molecule has 0 radical (unpaired) electrons. The summed E-state index contributed by atoms with van der Waals surface area (Å²) in [5.74, 6) is -0.675. The Bertz CT molecular complexity index is 584. The van der Waals surface area contributed by atoms with E-state index < -0.39 is 0 Å². The van der Waals surface area contributed by atoms with Gasteiger partial charge in [0.1, 0.15) is 0 Å². The van der Waals surface area contributed by atoms with E-state index in [1.165, 1.54) is 38.5 Å². The molecule has 4 nitrogen and oxygen atoms in total. The van der Waals surface area contributed by atoms with E-state index in [9.17, 15) is 9.59 Å². The van der Waals surface area contributed by atoms with Gasteiger partial charge in [-0.15, -0.1) is 0 Å². The molecule has 0 N–H and O–H groups in total. The summed E-state index contributed by atoms with van der Waals surface area (Å²) in [5, 5.41) is 0. The summed E-state index contributed by atoms with van der Waals surface area (Å²) in [6.07, 6.45) is 11.2. The Morgan fingerprint density at radius 2 is 1.10 bits per heavy atom. The third-order valence-corrected chi connectivity index (χ3v) is 4.89. The predicted octanol–water partition coefficient (Wildman–Crippen LogP) is 6.97. The Balaban J connectivity index is 2.21. The zero-order valence-corrected chi connectivity index (χ0v) is 18.9. The second-order valence-electron chi connectivity index (χ2n) is 8.99. The lowest BCUT2D eigenvalue weighted by atomic mass is 9.89. The molecular weight excluding hydrogens is 364 g/mol. The molecule has 0 aromatic heterocycles. The largest absolute Gasteiger partial charge is 0.462 e. The van der Waals surface area contributed by atoms with E-state index in [1.54, 1.807) is 24.3 Å². The minimum atomic E-state index is -0.337. The number of benzene rings is 1. The third kappa shape index (κ3) is 12.4. The highest BCUT2D eigenvalue weighted by Gasteiger charge is 2.11. The van der Waals surface area contributed by atoms with Crippen LogP contribution in [0, 0.1) is 5.41 Å². The minimum Gasteiger partial charge on any atom is -0.462 e. The van der Waals surface area contributed by atoms with Crippen LogP contribution in [0.1, 0.15) is 113 Å². The van der Waals surface area contributed by atoms with Crippen molar-refractivity contribution in [3.63, 3.8) is 0 Å². The van der Waals surface area contributed by atoms with Gasteiger partial charge in [0.25, 0.3) is 0 Å². The van der Waals surface area contributed by atoms with Crippen LogP contribution in [0.3, 0.4) is 0 Å². The molecule has 0 aliphatic heterocycles. The first-order valence-electron chi connectivity index (χ1n) is 11.3. The molecular formula is C25H40O4. The number of carbonyl (C=O) groups excluding carboxylic acids is 2. The smallest absolute Gasteiger partial charge is 0.338 e. The maximum Gasteiger partial charge on any atom is 0.338 e. The van der Waals surface area contributed by atoms with Crippen LogP contribution in [0.5, 0.6) is 0 Å². The SMILES string of the molecule is CCCCCCCOC(=O)c1ccc(C(=O)OCCCCCCC(C)(C)C)cc1. The first-order valence-corrected chi connectivity index (χ1v) is 11.3. The van der Waals surface area contributed by atoms with Crippen molar-refractivity contribution in [3.8, 4) is 0 Å². The summed E-state index contributed by atoms with van der Waals surface area (Å²) < 4.78 is 10.6. The molecule has 1 rings (SSSR count). The minimum absolute atomic E-state index is 0.337. The zero-order chi connectivity index (χ0) is 21.5. The van der Waals surface area contributed by atoms with Crippen molar-refractivity contribution in [1.82, 2.24) is 0 Å². The molecule has 4 heteroatoms. The summed E-state index contributed by atoms with van der Waals surface area (Å²) in [4.78, 5) is 24.1. The number of rotatable bonds is 14. The highest BCUT2D eigenvalue weighted by Crippen LogP contribution is 2.22. The van der Waals surface area contributed by atoms with Gasteiger partial charge in [-0.05, 0) is 48.9 Å². The van der Waals surface area contributed by atoms with Gasteiger partial charge in [-0.2, -0.15) is 0 Å². The lowest BCUT2D eigenvalue weighted by Gasteiger charge is -2.17. The molecule has 0 aliphatic rings. The van der Waals surface area contributed by atoms with Crippen LogP contribution < -0.4 is 0 Å². The predicted molar refractivity (Wildman–Crippen MR) is 118 cm³/mol. The van der Waals surface area contributed by atoms with Crippen molar-refractivity contribution in [1.29, 1.82) is 0 Å². The van der Waals surface area contributed by atoms with E-state index >= 15 is 0 Å². The fourth-order valence-electron chi connectivity index (χ4n) is 3.06. The zero-order valence-electron chi connectivity index (χ0n) is 18.9. The van der Waals surface area contributed by atoms with E-state index in [0.717, 1.165) is 25.7 Å². The maximum atomic E-state index is 12.1. The monoisotopic (exact) mass is 404 g/mol. The molecule has 164 valence electrons. The summed E-state index contributed by atoms with van der Waals surface area (Å²) in [5.41, 5.74) is 1.32. The van der Waals surface area contributed by atoms with Crippen molar-refractivity contribution < 1.29 is 19.1 Å². The second kappa shape index (κ2) is 14.2. The van der Waals surface area contributed by atoms with Gasteiger partial charge in [0, 0.05) is 0 Å². The molecule has 29 heavy (non-hydrogen) atoms. The van der Waals surface area contributed by atoms with Crippen LogP contribution in [-0.4, -0.2) is 25.2 Å². The number of unbranched alkanes of at least 4 members (excludes halogenated alkanes) is 7. The first-order chi connectivity index (χ1) is 13.8. The van der Waals surface area contributed by atoms with E-state index in [0.29, 0.717) is 29.8 Å². The van der Waals surface area contributed by atoms with E-state index in [-0.39, 0.29) is 11.9 Å². The second-order valence-corrected chi connectivity index (χ2v) is 8.99. The molecule has 0 saturated carbocycles. The van der Waals surface area contributed by atoms with Crippen LogP contribution in [0.4, 0.5) is 0 Å². The summed E-state index contributed by atoms with van der Waals surface area (Å²) in [6.45, 7) is 9.84. The third-order valence-electron chi connectivity index (χ3n) is 4.89. The van der Waals surface area contributed by atoms with Gasteiger partial charge in [0.2, 0.25) is 0 Å². The van der Waals surface area contributed by atoms with Crippen molar-refractivity contribution in [3.05, 3.63) is 35.4 Å². The van der Waals surface area contributed by atoms with Crippen LogP contribution >= 0.6 is 0 Å². The lowest BCUT2D eigenvalue weighted by Crippen LogP contribution is -2.09. The molecule has 0 amide bonds. The molecule has 0 fully saturated rings. The molecule has 0 atom stereocenters. The molecule has 0 heterocycles. The van der Waals surface area contributed by atoms with Gasteiger partial charge in [-0.3, -0.25) is 0 Å². The summed E-state index contributed by atoms with van der Waals surface area (Å²) in [7, 11) is 0. The van der Waals surface area contributed by atoms with Crippen LogP contribution in [-0.2, 0) is 9.47 Å². The van der Waals surface area contributed by atoms with Crippen LogP contribution in [0.25, 0.3) is 0 Å². The summed E-state index contributed by atoms with van der Waals surface area (Å²) >= 11 is 0. The van der Waals surface area contributed by atoms with Gasteiger partial charge < -0.3 is 9.47 Å². The molecule has 0 bridgehead atoms. The number of ether oxygens (including phenoxy) is 2. The Kier molecular flexibility index (Phi) is 12.3. The van der Waals surface area contributed by atoms with Gasteiger partial charge in [-0.25, -0.2) is 9.59 Å². The standard InChI is InChI=1S/C25H40O4/c1-5-6-7-9-12-19-28-23(26)21-14-16-22(17-15-21)24(27)29-20-13-10-8-11-18-25(2,3)4/h14-17H,5-13,18-20H2,1-4H3. The molecule has 0 aliphatic carbocycles. The number of carbonyl (C=O) groups is 2. The highest BCUT2D eigenvalue weighted by atomic mass is 16.5. The van der Waals surface area contributed by atoms with Crippen molar-refractivity contribution in [2.75, 3.05) is 13.2 Å². The van der Waals surface area contributed by atoms with E-state index in [1.807, 2.05) is 0 Å². The Morgan fingerprint density at radius 1 is 0.690 bits per heavy atom. The number of hydrogen-bond acceptors (Lipinski definition) is 4. The van der Waals surface area contributed by atoms with Crippen LogP contribution in [0.2, 0.25) is 0 Å². The van der Waals surface area contributed by atoms with Crippen molar-refractivity contribution in [2.45, 2.75) is 91.9 Å². The first kappa shape index (κ1) is 25.2. The number of esters is 2. The fraction of sp³-hybridized carbons (Fsp3) is 0.680. The van der Waals surface area contributed by atoms with Gasteiger partial charge in [-0.1, -0.05) is 72.6 Å². The molecule has 1 aromatic carbocycles. The molecule has 1 aromatic rings. The molecule has 0 saturated heterocycles.